The number of nitrogens with zero attached hydrogens (tertiary/aromatic N) is 3. The van der Waals surface area contributed by atoms with E-state index in [1.54, 1.807) is 0 Å². The molecular formula is C24H23N3O4. The second kappa shape index (κ2) is 9.40. The zero-order chi connectivity index (χ0) is 21.6. The second-order valence-electron chi connectivity index (χ2n) is 7.43. The maximum Gasteiger partial charge on any atom is 0.433 e. The third-order valence-corrected chi connectivity index (χ3v) is 5.33. The molecule has 0 amide bonds. The zero-order valence-corrected chi connectivity index (χ0v) is 17.0. The van der Waals surface area contributed by atoms with Crippen LogP contribution in [0.1, 0.15) is 21.7 Å². The normalized spacial score (nSPS) is 14.8. The summed E-state index contributed by atoms with van der Waals surface area (Å²) in [6, 6.07) is 20.8. The molecule has 0 saturated carbocycles. The van der Waals surface area contributed by atoms with Crippen molar-refractivity contribution in [1.29, 1.82) is 0 Å². The summed E-state index contributed by atoms with van der Waals surface area (Å²) in [5.41, 5.74) is 2.99. The Morgan fingerprint density at radius 3 is 2.32 bits per heavy atom. The fourth-order valence-electron chi connectivity index (χ4n) is 3.63. The first-order valence-electron chi connectivity index (χ1n) is 10.2. The molecule has 3 aromatic rings. The second-order valence-corrected chi connectivity index (χ2v) is 7.43. The first-order chi connectivity index (χ1) is 15.1. The van der Waals surface area contributed by atoms with Gasteiger partial charge in [-0.1, -0.05) is 30.3 Å². The van der Waals surface area contributed by atoms with Gasteiger partial charge in [-0.25, -0.2) is 0 Å². The maximum absolute atomic E-state index is 12.4. The van der Waals surface area contributed by atoms with Crippen LogP contribution in [0.4, 0.5) is 11.6 Å². The van der Waals surface area contributed by atoms with Gasteiger partial charge in [0, 0.05) is 44.0 Å². The number of hydrogen-bond donors (Lipinski definition) is 0. The van der Waals surface area contributed by atoms with Gasteiger partial charge in [0.15, 0.2) is 5.78 Å². The molecule has 1 aliphatic heterocycles. The van der Waals surface area contributed by atoms with Crippen LogP contribution in [-0.4, -0.2) is 41.8 Å². The molecule has 4 rings (SSSR count). The third kappa shape index (κ3) is 5.26. The van der Waals surface area contributed by atoms with E-state index in [1.807, 2.05) is 30.3 Å². The van der Waals surface area contributed by atoms with Crippen LogP contribution >= 0.6 is 0 Å². The molecular weight excluding hydrogens is 394 g/mol. The van der Waals surface area contributed by atoms with E-state index in [2.05, 4.69) is 34.1 Å². The number of rotatable bonds is 7. The van der Waals surface area contributed by atoms with Gasteiger partial charge in [-0.05, 0) is 48.0 Å². The van der Waals surface area contributed by atoms with Crippen molar-refractivity contribution in [2.75, 3.05) is 31.1 Å². The average Bonchev–Trinajstić information content (AvgIpc) is 3.28. The topological polar surface area (TPSA) is 79.8 Å². The van der Waals surface area contributed by atoms with Gasteiger partial charge >= 0.3 is 5.88 Å². The molecule has 0 radical (unpaired) electrons. The molecule has 0 aliphatic carbocycles. The highest BCUT2D eigenvalue weighted by Gasteiger charge is 2.17. The summed E-state index contributed by atoms with van der Waals surface area (Å²) in [5, 5.41) is 10.7. The average molecular weight is 417 g/mol. The minimum absolute atomic E-state index is 0.182. The highest BCUT2D eigenvalue weighted by Crippen LogP contribution is 2.20. The molecule has 1 aliphatic rings. The summed E-state index contributed by atoms with van der Waals surface area (Å²) in [6.45, 7) is 4.84. The SMILES string of the molecule is O=C(/C=C/c1ccc([N+](=O)[O-])o1)c1ccc(N2CCN(Cc3ccccc3)CC2)cc1. The molecule has 0 bridgehead atoms. The molecule has 7 heteroatoms. The van der Waals surface area contributed by atoms with Crippen molar-refractivity contribution < 1.29 is 14.1 Å². The lowest BCUT2D eigenvalue weighted by Gasteiger charge is -2.36. The summed E-state index contributed by atoms with van der Waals surface area (Å²) < 4.78 is 5.03. The van der Waals surface area contributed by atoms with E-state index in [1.165, 1.54) is 29.8 Å². The molecule has 1 saturated heterocycles. The number of piperazine rings is 1. The van der Waals surface area contributed by atoms with E-state index >= 15 is 0 Å². The van der Waals surface area contributed by atoms with Gasteiger partial charge in [-0.15, -0.1) is 0 Å². The number of ketones is 1. The Hall–Kier alpha value is -3.71. The van der Waals surface area contributed by atoms with Crippen molar-refractivity contribution in [2.24, 2.45) is 0 Å². The van der Waals surface area contributed by atoms with Crippen molar-refractivity contribution in [3.63, 3.8) is 0 Å². The molecule has 0 atom stereocenters. The van der Waals surface area contributed by atoms with Gasteiger partial charge in [0.1, 0.15) is 10.7 Å². The highest BCUT2D eigenvalue weighted by molar-refractivity contribution is 6.06. The highest BCUT2D eigenvalue weighted by atomic mass is 16.6. The summed E-state index contributed by atoms with van der Waals surface area (Å²) in [5.74, 6) is -0.261. The zero-order valence-electron chi connectivity index (χ0n) is 17.0. The number of carbonyl (C=O) groups is 1. The van der Waals surface area contributed by atoms with Gasteiger partial charge in [0.05, 0.1) is 6.07 Å². The van der Waals surface area contributed by atoms with Crippen LogP contribution in [0.5, 0.6) is 0 Å². The van der Waals surface area contributed by atoms with Crippen LogP contribution < -0.4 is 4.90 Å². The number of benzene rings is 2. The van der Waals surface area contributed by atoms with E-state index in [-0.39, 0.29) is 17.4 Å². The predicted octanol–water partition coefficient (Wildman–Crippen LogP) is 4.41. The van der Waals surface area contributed by atoms with Crippen LogP contribution in [0.3, 0.4) is 0 Å². The monoisotopic (exact) mass is 417 g/mol. The lowest BCUT2D eigenvalue weighted by Crippen LogP contribution is -2.45. The third-order valence-electron chi connectivity index (χ3n) is 5.33. The molecule has 2 aromatic carbocycles. The fourth-order valence-corrected chi connectivity index (χ4v) is 3.63. The number of carbonyl (C=O) groups excluding carboxylic acids is 1. The largest absolute Gasteiger partial charge is 0.433 e. The van der Waals surface area contributed by atoms with E-state index < -0.39 is 4.92 Å². The molecule has 0 unspecified atom stereocenters. The Morgan fingerprint density at radius 2 is 1.68 bits per heavy atom. The number of allylic oxidation sites excluding steroid dienone is 1. The van der Waals surface area contributed by atoms with Gasteiger partial charge in [-0.2, -0.15) is 0 Å². The van der Waals surface area contributed by atoms with Crippen molar-refractivity contribution in [2.45, 2.75) is 6.54 Å². The Kier molecular flexibility index (Phi) is 6.24. The molecule has 1 fully saturated rings. The Labute approximate surface area is 180 Å². The van der Waals surface area contributed by atoms with E-state index in [9.17, 15) is 14.9 Å². The first-order valence-corrected chi connectivity index (χ1v) is 10.2. The van der Waals surface area contributed by atoms with Crippen molar-refractivity contribution in [3.05, 3.63) is 99.8 Å². The number of anilines is 1. The Balaban J connectivity index is 1.31. The summed E-state index contributed by atoms with van der Waals surface area (Å²) in [6.07, 6.45) is 2.80. The summed E-state index contributed by atoms with van der Waals surface area (Å²) >= 11 is 0. The Morgan fingerprint density at radius 1 is 0.968 bits per heavy atom. The van der Waals surface area contributed by atoms with Crippen LogP contribution in [0.15, 0.2) is 77.2 Å². The molecule has 2 heterocycles. The lowest BCUT2D eigenvalue weighted by atomic mass is 10.1. The van der Waals surface area contributed by atoms with Crippen molar-refractivity contribution in [3.8, 4) is 0 Å². The molecule has 1 aromatic heterocycles. The van der Waals surface area contributed by atoms with Crippen molar-refractivity contribution in [1.82, 2.24) is 4.90 Å². The molecule has 0 spiro atoms. The summed E-state index contributed by atoms with van der Waals surface area (Å²) in [4.78, 5) is 27.2. The molecule has 158 valence electrons. The number of hydrogen-bond acceptors (Lipinski definition) is 6. The van der Waals surface area contributed by atoms with Gasteiger partial charge < -0.3 is 9.32 Å². The first kappa shape index (κ1) is 20.6. The van der Waals surface area contributed by atoms with Crippen molar-refractivity contribution >= 4 is 23.4 Å². The van der Waals surface area contributed by atoms with Crippen LogP contribution in [-0.2, 0) is 6.54 Å². The van der Waals surface area contributed by atoms with E-state index in [0.29, 0.717) is 5.56 Å². The fraction of sp³-hybridized carbons (Fsp3) is 0.208. The van der Waals surface area contributed by atoms with Crippen LogP contribution in [0, 0.1) is 10.1 Å². The number of nitro groups is 1. The Bertz CT molecular complexity index is 1070. The van der Waals surface area contributed by atoms with Gasteiger partial charge in [0.25, 0.3) is 0 Å². The predicted molar refractivity (Wildman–Crippen MR) is 119 cm³/mol. The quantitative estimate of drug-likeness (QED) is 0.245. The minimum Gasteiger partial charge on any atom is -0.401 e. The number of furan rings is 1. The maximum atomic E-state index is 12.4. The summed E-state index contributed by atoms with van der Waals surface area (Å²) in [7, 11) is 0. The standard InChI is InChI=1S/C24H23N3O4/c28-23(12-10-22-11-13-24(31-22)27(29)30)20-6-8-21(9-7-20)26-16-14-25(15-17-26)18-19-4-2-1-3-5-19/h1-13H,14-18H2/b12-10+. The smallest absolute Gasteiger partial charge is 0.401 e. The minimum atomic E-state index is -0.612. The molecule has 0 N–H and O–H groups in total. The van der Waals surface area contributed by atoms with Gasteiger partial charge in [-0.3, -0.25) is 19.8 Å². The lowest BCUT2D eigenvalue weighted by molar-refractivity contribution is -0.402. The molecule has 7 nitrogen and oxygen atoms in total. The molecule has 31 heavy (non-hydrogen) atoms. The van der Waals surface area contributed by atoms with Gasteiger partial charge in [0.2, 0.25) is 0 Å². The van der Waals surface area contributed by atoms with E-state index in [0.717, 1.165) is 38.4 Å². The van der Waals surface area contributed by atoms with Crippen LogP contribution in [0.2, 0.25) is 0 Å². The van der Waals surface area contributed by atoms with E-state index in [4.69, 9.17) is 4.42 Å². The van der Waals surface area contributed by atoms with Crippen LogP contribution in [0.25, 0.3) is 6.08 Å².